The van der Waals surface area contributed by atoms with Crippen LogP contribution < -0.4 is 5.32 Å². The standard InChI is InChI=1S/C17H22N4O2/c1-12-9-15(18-10-13-5-4-8-20(2)11-13)14-6-3-7-16(21(22)23)17(14)19-12/h3,6-7,9,13H,4-5,8,10-11H2,1-2H3,(H,18,19). The molecule has 1 aliphatic rings. The topological polar surface area (TPSA) is 71.3 Å². The summed E-state index contributed by atoms with van der Waals surface area (Å²) in [6, 6.07) is 7.09. The summed E-state index contributed by atoms with van der Waals surface area (Å²) in [6.07, 6.45) is 2.45. The van der Waals surface area contributed by atoms with E-state index in [2.05, 4.69) is 22.2 Å². The summed E-state index contributed by atoms with van der Waals surface area (Å²) >= 11 is 0. The quantitative estimate of drug-likeness (QED) is 0.693. The van der Waals surface area contributed by atoms with Crippen molar-refractivity contribution in [3.05, 3.63) is 40.1 Å². The van der Waals surface area contributed by atoms with Crippen LogP contribution in [0.3, 0.4) is 0 Å². The zero-order chi connectivity index (χ0) is 16.4. The van der Waals surface area contributed by atoms with Gasteiger partial charge in [0.15, 0.2) is 5.52 Å². The molecule has 2 heterocycles. The molecule has 1 saturated heterocycles. The van der Waals surface area contributed by atoms with Crippen molar-refractivity contribution in [2.45, 2.75) is 19.8 Å². The summed E-state index contributed by atoms with van der Waals surface area (Å²) in [5.41, 5.74) is 2.24. The maximum atomic E-state index is 11.2. The van der Waals surface area contributed by atoms with E-state index >= 15 is 0 Å². The van der Waals surface area contributed by atoms with E-state index in [0.29, 0.717) is 11.4 Å². The number of anilines is 1. The Balaban J connectivity index is 1.88. The summed E-state index contributed by atoms with van der Waals surface area (Å²) in [4.78, 5) is 17.6. The van der Waals surface area contributed by atoms with Crippen LogP contribution in [0.5, 0.6) is 0 Å². The Labute approximate surface area is 135 Å². The summed E-state index contributed by atoms with van der Waals surface area (Å²) in [5, 5.41) is 15.5. The molecule has 1 aromatic carbocycles. The summed E-state index contributed by atoms with van der Waals surface area (Å²) in [6.45, 7) is 5.01. The number of para-hydroxylation sites is 1. The van der Waals surface area contributed by atoms with Crippen LogP contribution in [-0.4, -0.2) is 41.5 Å². The van der Waals surface area contributed by atoms with Crippen molar-refractivity contribution in [2.24, 2.45) is 5.92 Å². The zero-order valence-electron chi connectivity index (χ0n) is 13.6. The van der Waals surface area contributed by atoms with E-state index in [-0.39, 0.29) is 10.6 Å². The number of non-ortho nitro benzene ring substituents is 1. The van der Waals surface area contributed by atoms with Gasteiger partial charge in [-0.3, -0.25) is 10.1 Å². The number of piperidine rings is 1. The lowest BCUT2D eigenvalue weighted by molar-refractivity contribution is -0.383. The van der Waals surface area contributed by atoms with Crippen molar-refractivity contribution in [1.29, 1.82) is 0 Å². The van der Waals surface area contributed by atoms with Gasteiger partial charge in [0, 0.05) is 35.9 Å². The third-order valence-corrected chi connectivity index (χ3v) is 4.45. The van der Waals surface area contributed by atoms with Crippen molar-refractivity contribution in [3.63, 3.8) is 0 Å². The molecule has 1 N–H and O–H groups in total. The highest BCUT2D eigenvalue weighted by molar-refractivity contribution is 5.96. The minimum absolute atomic E-state index is 0.0617. The molecular formula is C17H22N4O2. The number of nitrogens with one attached hydrogen (secondary N) is 1. The van der Waals surface area contributed by atoms with Gasteiger partial charge >= 0.3 is 0 Å². The van der Waals surface area contributed by atoms with Gasteiger partial charge in [0.1, 0.15) is 0 Å². The highest BCUT2D eigenvalue weighted by Gasteiger charge is 2.19. The molecule has 1 fully saturated rings. The van der Waals surface area contributed by atoms with Crippen LogP contribution in [0.15, 0.2) is 24.3 Å². The highest BCUT2D eigenvalue weighted by Crippen LogP contribution is 2.30. The highest BCUT2D eigenvalue weighted by atomic mass is 16.6. The zero-order valence-corrected chi connectivity index (χ0v) is 13.6. The first-order chi connectivity index (χ1) is 11.0. The van der Waals surface area contributed by atoms with Crippen LogP contribution >= 0.6 is 0 Å². The number of nitro groups is 1. The molecule has 0 bridgehead atoms. The third-order valence-electron chi connectivity index (χ3n) is 4.45. The molecule has 0 spiro atoms. The minimum Gasteiger partial charge on any atom is -0.384 e. The number of hydrogen-bond donors (Lipinski definition) is 1. The number of benzene rings is 1. The second kappa shape index (κ2) is 6.50. The van der Waals surface area contributed by atoms with Crippen molar-refractivity contribution in [2.75, 3.05) is 32.0 Å². The maximum absolute atomic E-state index is 11.2. The van der Waals surface area contributed by atoms with Crippen LogP contribution in [0.2, 0.25) is 0 Å². The Morgan fingerprint density at radius 1 is 1.48 bits per heavy atom. The molecule has 0 amide bonds. The fraction of sp³-hybridized carbons (Fsp3) is 0.471. The molecule has 1 atom stereocenters. The second-order valence-electron chi connectivity index (χ2n) is 6.39. The molecule has 6 nitrogen and oxygen atoms in total. The lowest BCUT2D eigenvalue weighted by atomic mass is 9.98. The molecule has 3 rings (SSSR count). The van der Waals surface area contributed by atoms with Gasteiger partial charge in [0.2, 0.25) is 0 Å². The number of aryl methyl sites for hydroxylation is 1. The van der Waals surface area contributed by atoms with Crippen LogP contribution in [0.25, 0.3) is 10.9 Å². The smallest absolute Gasteiger partial charge is 0.295 e. The van der Waals surface area contributed by atoms with Gasteiger partial charge in [0.25, 0.3) is 5.69 Å². The largest absolute Gasteiger partial charge is 0.384 e. The van der Waals surface area contributed by atoms with Crippen molar-refractivity contribution < 1.29 is 4.92 Å². The molecule has 2 aromatic rings. The first kappa shape index (κ1) is 15.7. The van der Waals surface area contributed by atoms with E-state index in [1.165, 1.54) is 25.5 Å². The van der Waals surface area contributed by atoms with Crippen LogP contribution in [0.1, 0.15) is 18.5 Å². The number of rotatable bonds is 4. The number of aromatic nitrogens is 1. The summed E-state index contributed by atoms with van der Waals surface area (Å²) in [7, 11) is 2.15. The normalized spacial score (nSPS) is 19.0. The Bertz CT molecular complexity index is 732. The molecule has 1 aromatic heterocycles. The molecular weight excluding hydrogens is 292 g/mol. The van der Waals surface area contributed by atoms with Crippen LogP contribution in [0, 0.1) is 23.0 Å². The van der Waals surface area contributed by atoms with E-state index in [1.807, 2.05) is 19.1 Å². The number of nitrogens with zero attached hydrogens (tertiary/aromatic N) is 3. The van der Waals surface area contributed by atoms with Gasteiger partial charge in [0.05, 0.1) is 4.92 Å². The van der Waals surface area contributed by atoms with Crippen molar-refractivity contribution in [1.82, 2.24) is 9.88 Å². The SMILES string of the molecule is Cc1cc(NCC2CCCN(C)C2)c2cccc([N+](=O)[O-])c2n1. The Kier molecular flexibility index (Phi) is 4.43. The third kappa shape index (κ3) is 3.42. The molecule has 1 aliphatic heterocycles. The van der Waals surface area contributed by atoms with Gasteiger partial charge in [-0.25, -0.2) is 4.98 Å². The summed E-state index contributed by atoms with van der Waals surface area (Å²) < 4.78 is 0. The van der Waals surface area contributed by atoms with Gasteiger partial charge in [-0.05, 0) is 45.3 Å². The van der Waals surface area contributed by atoms with Gasteiger partial charge < -0.3 is 10.2 Å². The average molecular weight is 314 g/mol. The Morgan fingerprint density at radius 3 is 3.04 bits per heavy atom. The molecule has 0 aliphatic carbocycles. The Hall–Kier alpha value is -2.21. The van der Waals surface area contributed by atoms with E-state index < -0.39 is 0 Å². The minimum atomic E-state index is -0.366. The van der Waals surface area contributed by atoms with Gasteiger partial charge in [-0.2, -0.15) is 0 Å². The Morgan fingerprint density at radius 2 is 2.30 bits per heavy atom. The molecule has 0 radical (unpaired) electrons. The fourth-order valence-corrected chi connectivity index (χ4v) is 3.35. The van der Waals surface area contributed by atoms with Crippen molar-refractivity contribution in [3.8, 4) is 0 Å². The number of nitro benzene ring substituents is 1. The van der Waals surface area contributed by atoms with Crippen molar-refractivity contribution >= 4 is 22.3 Å². The molecule has 6 heteroatoms. The van der Waals surface area contributed by atoms with E-state index in [4.69, 9.17) is 0 Å². The maximum Gasteiger partial charge on any atom is 0.295 e. The number of likely N-dealkylation sites (tertiary alicyclic amines) is 1. The van der Waals surface area contributed by atoms with Crippen LogP contribution in [0.4, 0.5) is 11.4 Å². The van der Waals surface area contributed by atoms with Gasteiger partial charge in [-0.1, -0.05) is 12.1 Å². The van der Waals surface area contributed by atoms with E-state index in [9.17, 15) is 10.1 Å². The summed E-state index contributed by atoms with van der Waals surface area (Å²) in [5.74, 6) is 0.607. The first-order valence-corrected chi connectivity index (χ1v) is 8.02. The lowest BCUT2D eigenvalue weighted by Gasteiger charge is -2.30. The first-order valence-electron chi connectivity index (χ1n) is 8.02. The second-order valence-corrected chi connectivity index (χ2v) is 6.39. The fourth-order valence-electron chi connectivity index (χ4n) is 3.35. The van der Waals surface area contributed by atoms with Crippen LogP contribution in [-0.2, 0) is 0 Å². The van der Waals surface area contributed by atoms with E-state index in [1.54, 1.807) is 6.07 Å². The predicted molar refractivity (Wildman–Crippen MR) is 91.8 cm³/mol. The molecule has 1 unspecified atom stereocenters. The predicted octanol–water partition coefficient (Wildman–Crippen LogP) is 3.21. The van der Waals surface area contributed by atoms with E-state index in [0.717, 1.165) is 29.9 Å². The average Bonchev–Trinajstić information content (AvgIpc) is 2.52. The molecule has 23 heavy (non-hydrogen) atoms. The number of fused-ring (bicyclic) bond motifs is 1. The monoisotopic (exact) mass is 314 g/mol. The molecule has 122 valence electrons. The number of hydrogen-bond acceptors (Lipinski definition) is 5. The van der Waals surface area contributed by atoms with Gasteiger partial charge in [-0.15, -0.1) is 0 Å². The number of pyridine rings is 1. The molecule has 0 saturated carbocycles. The lowest BCUT2D eigenvalue weighted by Crippen LogP contribution is -2.35.